The van der Waals surface area contributed by atoms with Crippen molar-refractivity contribution in [2.24, 2.45) is 5.92 Å². The van der Waals surface area contributed by atoms with Crippen LogP contribution in [0, 0.1) is 5.92 Å². The van der Waals surface area contributed by atoms with E-state index in [1.54, 1.807) is 6.33 Å². The van der Waals surface area contributed by atoms with E-state index in [0.717, 1.165) is 31.0 Å². The van der Waals surface area contributed by atoms with Crippen molar-refractivity contribution < 1.29 is 8.78 Å². The third-order valence-electron chi connectivity index (χ3n) is 4.72. The average molecular weight is 310 g/mol. The summed E-state index contributed by atoms with van der Waals surface area (Å²) in [6.45, 7) is 2.92. The zero-order valence-corrected chi connectivity index (χ0v) is 12.9. The van der Waals surface area contributed by atoms with Crippen molar-refractivity contribution in [1.82, 2.24) is 15.3 Å². The lowest BCUT2D eigenvalue weighted by atomic mass is 9.95. The normalized spacial score (nSPS) is 25.7. The molecule has 3 heterocycles. The molecule has 1 aromatic heterocycles. The number of halogens is 2. The number of rotatable bonds is 3. The number of hydrogen-bond acceptors (Lipinski definition) is 4. The highest BCUT2D eigenvalue weighted by molar-refractivity contribution is 5.39. The summed E-state index contributed by atoms with van der Waals surface area (Å²) in [5.74, 6) is -1.06. The molecule has 2 aliphatic heterocycles. The van der Waals surface area contributed by atoms with E-state index in [4.69, 9.17) is 0 Å². The Morgan fingerprint density at radius 1 is 1.18 bits per heavy atom. The van der Waals surface area contributed by atoms with Crippen LogP contribution in [0.5, 0.6) is 0 Å². The number of hydrogen-bond donors (Lipinski definition) is 1. The van der Waals surface area contributed by atoms with Crippen LogP contribution in [0.15, 0.2) is 12.4 Å². The van der Waals surface area contributed by atoms with Crippen LogP contribution in [-0.4, -0.2) is 42.1 Å². The molecule has 0 saturated carbocycles. The molecule has 2 saturated heterocycles. The van der Waals surface area contributed by atoms with Gasteiger partial charge in [0.25, 0.3) is 5.92 Å². The minimum Gasteiger partial charge on any atom is -0.356 e. The highest BCUT2D eigenvalue weighted by Crippen LogP contribution is 2.30. The average Bonchev–Trinajstić information content (AvgIpc) is 2.76. The molecule has 0 aromatic carbocycles. The van der Waals surface area contributed by atoms with Gasteiger partial charge in [0.1, 0.15) is 12.1 Å². The smallest absolute Gasteiger partial charge is 0.251 e. The maximum absolute atomic E-state index is 13.3. The van der Waals surface area contributed by atoms with Crippen molar-refractivity contribution in [3.8, 4) is 0 Å². The molecule has 1 unspecified atom stereocenters. The SMILES string of the molecule is FC1(F)CCN(c2cc(CC3CCCNCC3)ncn2)CC1. The molecule has 0 spiro atoms. The Kier molecular flexibility index (Phi) is 4.86. The summed E-state index contributed by atoms with van der Waals surface area (Å²) in [7, 11) is 0. The van der Waals surface area contributed by atoms with Gasteiger partial charge in [-0.2, -0.15) is 0 Å². The monoisotopic (exact) mass is 310 g/mol. The molecule has 0 radical (unpaired) electrons. The van der Waals surface area contributed by atoms with Gasteiger partial charge in [-0.3, -0.25) is 0 Å². The predicted molar refractivity (Wildman–Crippen MR) is 82.3 cm³/mol. The zero-order valence-electron chi connectivity index (χ0n) is 12.9. The first-order valence-corrected chi connectivity index (χ1v) is 8.27. The van der Waals surface area contributed by atoms with E-state index >= 15 is 0 Å². The number of nitrogens with zero attached hydrogens (tertiary/aromatic N) is 3. The third-order valence-corrected chi connectivity index (χ3v) is 4.72. The van der Waals surface area contributed by atoms with Gasteiger partial charge in [-0.15, -0.1) is 0 Å². The van der Waals surface area contributed by atoms with Crippen LogP contribution in [0.1, 0.15) is 37.8 Å². The molecular formula is C16H24F2N4. The first-order chi connectivity index (χ1) is 10.6. The summed E-state index contributed by atoms with van der Waals surface area (Å²) in [6, 6.07) is 1.99. The molecule has 1 aromatic rings. The summed E-state index contributed by atoms with van der Waals surface area (Å²) in [6.07, 6.45) is 5.98. The Bertz CT molecular complexity index is 477. The number of anilines is 1. The topological polar surface area (TPSA) is 41.0 Å². The molecule has 1 atom stereocenters. The molecule has 2 aliphatic rings. The molecule has 0 bridgehead atoms. The van der Waals surface area contributed by atoms with Crippen LogP contribution in [0.25, 0.3) is 0 Å². The molecule has 1 N–H and O–H groups in total. The second-order valence-corrected chi connectivity index (χ2v) is 6.46. The van der Waals surface area contributed by atoms with Crippen molar-refractivity contribution in [3.63, 3.8) is 0 Å². The molecule has 6 heteroatoms. The molecule has 3 rings (SSSR count). The second kappa shape index (κ2) is 6.86. The van der Waals surface area contributed by atoms with E-state index in [-0.39, 0.29) is 12.8 Å². The Morgan fingerprint density at radius 3 is 2.82 bits per heavy atom. The minimum absolute atomic E-state index is 0.0827. The Hall–Kier alpha value is -1.30. The fraction of sp³-hybridized carbons (Fsp3) is 0.750. The van der Waals surface area contributed by atoms with Crippen molar-refractivity contribution >= 4 is 5.82 Å². The van der Waals surface area contributed by atoms with E-state index in [1.807, 2.05) is 11.0 Å². The summed E-state index contributed by atoms with van der Waals surface area (Å²) >= 11 is 0. The van der Waals surface area contributed by atoms with Gasteiger partial charge < -0.3 is 10.2 Å². The lowest BCUT2D eigenvalue weighted by molar-refractivity contribution is -0.0221. The fourth-order valence-electron chi connectivity index (χ4n) is 3.32. The van der Waals surface area contributed by atoms with Crippen molar-refractivity contribution in [1.29, 1.82) is 0 Å². The minimum atomic E-state index is -2.51. The van der Waals surface area contributed by atoms with Crippen molar-refractivity contribution in [2.75, 3.05) is 31.1 Å². The van der Waals surface area contributed by atoms with Gasteiger partial charge in [0.05, 0.1) is 0 Å². The molecular weight excluding hydrogens is 286 g/mol. The largest absolute Gasteiger partial charge is 0.356 e. The standard InChI is InChI=1S/C16H24F2N4/c17-16(18)4-8-22(9-5-16)15-11-14(20-12-21-15)10-13-2-1-6-19-7-3-13/h11-13,19H,1-10H2. The van der Waals surface area contributed by atoms with Crippen molar-refractivity contribution in [2.45, 2.75) is 44.4 Å². The van der Waals surface area contributed by atoms with E-state index < -0.39 is 5.92 Å². The van der Waals surface area contributed by atoms with Gasteiger partial charge in [0.2, 0.25) is 0 Å². The first kappa shape index (κ1) is 15.6. The summed E-state index contributed by atoms with van der Waals surface area (Å²) in [4.78, 5) is 10.6. The summed E-state index contributed by atoms with van der Waals surface area (Å²) in [5.41, 5.74) is 1.04. The lowest BCUT2D eigenvalue weighted by Gasteiger charge is -2.32. The Balaban J connectivity index is 1.62. The van der Waals surface area contributed by atoms with Gasteiger partial charge in [-0.05, 0) is 44.7 Å². The van der Waals surface area contributed by atoms with Gasteiger partial charge >= 0.3 is 0 Å². The Labute approximate surface area is 130 Å². The van der Waals surface area contributed by atoms with Crippen LogP contribution in [0.2, 0.25) is 0 Å². The van der Waals surface area contributed by atoms with Crippen LogP contribution in [0.3, 0.4) is 0 Å². The zero-order chi connectivity index (χ0) is 15.4. The van der Waals surface area contributed by atoms with Crippen molar-refractivity contribution in [3.05, 3.63) is 18.1 Å². The Morgan fingerprint density at radius 2 is 2.00 bits per heavy atom. The van der Waals surface area contributed by atoms with Crippen LogP contribution < -0.4 is 10.2 Å². The van der Waals surface area contributed by atoms with Gasteiger partial charge in [0.15, 0.2) is 0 Å². The highest BCUT2D eigenvalue weighted by Gasteiger charge is 2.34. The van der Waals surface area contributed by atoms with Crippen LogP contribution >= 0.6 is 0 Å². The highest BCUT2D eigenvalue weighted by atomic mass is 19.3. The maximum Gasteiger partial charge on any atom is 0.251 e. The van der Waals surface area contributed by atoms with E-state index in [0.29, 0.717) is 19.0 Å². The van der Waals surface area contributed by atoms with Gasteiger partial charge in [-0.1, -0.05) is 0 Å². The van der Waals surface area contributed by atoms with Gasteiger partial charge in [-0.25, -0.2) is 18.7 Å². The number of alkyl halides is 2. The van der Waals surface area contributed by atoms with Crippen LogP contribution in [-0.2, 0) is 6.42 Å². The molecule has 22 heavy (non-hydrogen) atoms. The number of piperidine rings is 1. The van der Waals surface area contributed by atoms with E-state index in [9.17, 15) is 8.78 Å². The van der Waals surface area contributed by atoms with E-state index in [2.05, 4.69) is 15.3 Å². The lowest BCUT2D eigenvalue weighted by Crippen LogP contribution is -2.39. The maximum atomic E-state index is 13.3. The third kappa shape index (κ3) is 4.12. The molecule has 0 aliphatic carbocycles. The number of nitrogens with one attached hydrogen (secondary N) is 1. The van der Waals surface area contributed by atoms with E-state index in [1.165, 1.54) is 19.3 Å². The molecule has 2 fully saturated rings. The van der Waals surface area contributed by atoms with Gasteiger partial charge in [0, 0.05) is 37.7 Å². The predicted octanol–water partition coefficient (Wildman–Crippen LogP) is 2.64. The second-order valence-electron chi connectivity index (χ2n) is 6.46. The molecule has 122 valence electrons. The fourth-order valence-corrected chi connectivity index (χ4v) is 3.32. The summed E-state index contributed by atoms with van der Waals surface area (Å²) < 4.78 is 26.5. The quantitative estimate of drug-likeness (QED) is 0.932. The molecule has 0 amide bonds. The molecule has 4 nitrogen and oxygen atoms in total. The summed E-state index contributed by atoms with van der Waals surface area (Å²) in [5, 5.41) is 3.42. The first-order valence-electron chi connectivity index (χ1n) is 8.27. The van der Waals surface area contributed by atoms with Crippen LogP contribution in [0.4, 0.5) is 14.6 Å². The number of aromatic nitrogens is 2.